The highest BCUT2D eigenvalue weighted by Gasteiger charge is 2.07. The van der Waals surface area contributed by atoms with E-state index in [9.17, 15) is 9.59 Å². The summed E-state index contributed by atoms with van der Waals surface area (Å²) in [7, 11) is 1.61. The van der Waals surface area contributed by atoms with E-state index in [-0.39, 0.29) is 5.91 Å². The lowest BCUT2D eigenvalue weighted by Crippen LogP contribution is -2.24. The van der Waals surface area contributed by atoms with Crippen LogP contribution in [0.4, 0.5) is 0 Å². The maximum Gasteiger partial charge on any atom is 0.328 e. The number of carbonyl (C=O) groups is 2. The molecular weight excluding hydrogens is 246 g/mol. The van der Waals surface area contributed by atoms with Gasteiger partial charge in [-0.15, -0.1) is 0 Å². The number of carboxylic acids is 1. The highest BCUT2D eigenvalue weighted by molar-refractivity contribution is 5.93. The topological polar surface area (TPSA) is 66.8 Å². The van der Waals surface area contributed by atoms with Gasteiger partial charge in [0.05, 0.1) is 6.61 Å². The van der Waals surface area contributed by atoms with Gasteiger partial charge in [-0.05, 0) is 24.6 Å². The van der Waals surface area contributed by atoms with Crippen molar-refractivity contribution in [2.75, 3.05) is 13.7 Å². The van der Waals surface area contributed by atoms with E-state index in [4.69, 9.17) is 9.84 Å². The number of carboxylic acid groups (broad SMARTS) is 1. The van der Waals surface area contributed by atoms with Crippen molar-refractivity contribution in [1.82, 2.24) is 4.90 Å². The normalized spacial score (nSPS) is 10.4. The summed E-state index contributed by atoms with van der Waals surface area (Å²) < 4.78 is 5.37. The number of ether oxygens (including phenoxy) is 1. The summed E-state index contributed by atoms with van der Waals surface area (Å²) in [6.45, 7) is 2.88. The van der Waals surface area contributed by atoms with E-state index in [1.54, 1.807) is 7.05 Å². The molecule has 1 N–H and O–H groups in total. The van der Waals surface area contributed by atoms with Gasteiger partial charge in [-0.2, -0.15) is 0 Å². The highest BCUT2D eigenvalue weighted by Crippen LogP contribution is 2.14. The van der Waals surface area contributed by atoms with Gasteiger partial charge in [-0.3, -0.25) is 4.79 Å². The Morgan fingerprint density at radius 2 is 2.11 bits per heavy atom. The van der Waals surface area contributed by atoms with E-state index < -0.39 is 5.97 Å². The summed E-state index contributed by atoms with van der Waals surface area (Å²) in [5.41, 5.74) is 0.922. The van der Waals surface area contributed by atoms with Gasteiger partial charge in [0.2, 0.25) is 5.91 Å². The molecule has 1 aromatic rings. The Morgan fingerprint density at radius 1 is 1.37 bits per heavy atom. The molecule has 19 heavy (non-hydrogen) atoms. The fourth-order valence-electron chi connectivity index (χ4n) is 1.52. The van der Waals surface area contributed by atoms with Crippen molar-refractivity contribution in [2.45, 2.75) is 13.5 Å². The van der Waals surface area contributed by atoms with Crippen molar-refractivity contribution in [1.29, 1.82) is 0 Å². The van der Waals surface area contributed by atoms with Crippen LogP contribution in [0.5, 0.6) is 5.75 Å². The molecule has 1 aromatic carbocycles. The molecule has 0 bridgehead atoms. The predicted molar refractivity (Wildman–Crippen MR) is 70.9 cm³/mol. The number of likely N-dealkylation sites (N-methyl/N-ethyl adjacent to an activating group) is 1. The molecule has 0 atom stereocenters. The van der Waals surface area contributed by atoms with E-state index >= 15 is 0 Å². The maximum absolute atomic E-state index is 11.6. The van der Waals surface area contributed by atoms with Crippen LogP contribution < -0.4 is 4.74 Å². The first-order valence-electron chi connectivity index (χ1n) is 5.90. The summed E-state index contributed by atoms with van der Waals surface area (Å²) in [6.07, 6.45) is 1.87. The second-order valence-corrected chi connectivity index (χ2v) is 3.95. The standard InChI is InChI=1S/C14H17NO4/c1-3-19-12-6-4-5-11(9-12)10-15(2)13(16)7-8-14(17)18/h4-9H,3,10H2,1-2H3,(H,17,18)/b8-7+. The minimum atomic E-state index is -1.14. The fourth-order valence-corrected chi connectivity index (χ4v) is 1.52. The van der Waals surface area contributed by atoms with Crippen LogP contribution in [0, 0.1) is 0 Å². The molecule has 0 aromatic heterocycles. The van der Waals surface area contributed by atoms with Gasteiger partial charge in [0.25, 0.3) is 0 Å². The average molecular weight is 263 g/mol. The molecule has 0 unspecified atom stereocenters. The van der Waals surface area contributed by atoms with Crippen LogP contribution in [0.3, 0.4) is 0 Å². The Balaban J connectivity index is 2.65. The lowest BCUT2D eigenvalue weighted by atomic mass is 10.2. The highest BCUT2D eigenvalue weighted by atomic mass is 16.5. The maximum atomic E-state index is 11.6. The largest absolute Gasteiger partial charge is 0.494 e. The summed E-state index contributed by atoms with van der Waals surface area (Å²) in [6, 6.07) is 7.44. The molecule has 0 aliphatic rings. The van der Waals surface area contributed by atoms with Gasteiger partial charge >= 0.3 is 5.97 Å². The lowest BCUT2D eigenvalue weighted by Gasteiger charge is -2.15. The van der Waals surface area contributed by atoms with Crippen LogP contribution in [-0.4, -0.2) is 35.5 Å². The van der Waals surface area contributed by atoms with E-state index in [1.165, 1.54) is 4.90 Å². The van der Waals surface area contributed by atoms with Crippen molar-refractivity contribution in [3.8, 4) is 5.75 Å². The zero-order valence-electron chi connectivity index (χ0n) is 11.0. The predicted octanol–water partition coefficient (Wildman–Crippen LogP) is 1.68. The van der Waals surface area contributed by atoms with E-state index in [0.29, 0.717) is 13.2 Å². The molecule has 1 amide bonds. The molecule has 102 valence electrons. The van der Waals surface area contributed by atoms with Gasteiger partial charge in [-0.1, -0.05) is 12.1 Å². The van der Waals surface area contributed by atoms with Crippen LogP contribution >= 0.6 is 0 Å². The van der Waals surface area contributed by atoms with Crippen molar-refractivity contribution in [3.05, 3.63) is 42.0 Å². The van der Waals surface area contributed by atoms with E-state index in [1.807, 2.05) is 31.2 Å². The first kappa shape index (κ1) is 14.8. The smallest absolute Gasteiger partial charge is 0.328 e. The number of rotatable bonds is 6. The number of hydrogen-bond acceptors (Lipinski definition) is 3. The van der Waals surface area contributed by atoms with E-state index in [0.717, 1.165) is 23.5 Å². The number of aliphatic carboxylic acids is 1. The Hall–Kier alpha value is -2.30. The molecule has 0 spiro atoms. The first-order chi connectivity index (χ1) is 9.02. The number of carbonyl (C=O) groups excluding carboxylic acids is 1. The second-order valence-electron chi connectivity index (χ2n) is 3.95. The van der Waals surface area contributed by atoms with Crippen molar-refractivity contribution in [3.63, 3.8) is 0 Å². The lowest BCUT2D eigenvalue weighted by molar-refractivity contribution is -0.132. The van der Waals surface area contributed by atoms with Gasteiger partial charge < -0.3 is 14.7 Å². The minimum Gasteiger partial charge on any atom is -0.494 e. The van der Waals surface area contributed by atoms with Crippen molar-refractivity contribution in [2.24, 2.45) is 0 Å². The molecule has 0 saturated heterocycles. The third kappa shape index (κ3) is 5.25. The molecular formula is C14H17NO4. The van der Waals surface area contributed by atoms with E-state index in [2.05, 4.69) is 0 Å². The van der Waals surface area contributed by atoms with Crippen molar-refractivity contribution >= 4 is 11.9 Å². The van der Waals surface area contributed by atoms with Gasteiger partial charge in [0, 0.05) is 25.7 Å². The van der Waals surface area contributed by atoms with Gasteiger partial charge in [0.1, 0.15) is 5.75 Å². The average Bonchev–Trinajstić information content (AvgIpc) is 2.36. The monoisotopic (exact) mass is 263 g/mol. The third-order valence-electron chi connectivity index (χ3n) is 2.37. The minimum absolute atomic E-state index is 0.357. The van der Waals surface area contributed by atoms with Crippen molar-refractivity contribution < 1.29 is 19.4 Å². The zero-order valence-corrected chi connectivity index (χ0v) is 11.0. The van der Waals surface area contributed by atoms with Crippen LogP contribution in [0.25, 0.3) is 0 Å². The summed E-state index contributed by atoms with van der Waals surface area (Å²) >= 11 is 0. The molecule has 0 heterocycles. The Morgan fingerprint density at radius 3 is 2.74 bits per heavy atom. The third-order valence-corrected chi connectivity index (χ3v) is 2.37. The van der Waals surface area contributed by atoms with Gasteiger partial charge in [0.15, 0.2) is 0 Å². The Bertz CT molecular complexity index is 482. The number of benzene rings is 1. The molecule has 5 nitrogen and oxygen atoms in total. The van der Waals surface area contributed by atoms with Gasteiger partial charge in [-0.25, -0.2) is 4.79 Å². The molecule has 5 heteroatoms. The second kappa shape index (κ2) is 7.20. The van der Waals surface area contributed by atoms with Crippen LogP contribution in [0.1, 0.15) is 12.5 Å². The number of nitrogens with zero attached hydrogens (tertiary/aromatic N) is 1. The summed E-state index contributed by atoms with van der Waals surface area (Å²) in [5.74, 6) is -0.744. The molecule has 1 rings (SSSR count). The molecule has 0 aliphatic heterocycles. The zero-order chi connectivity index (χ0) is 14.3. The summed E-state index contributed by atoms with van der Waals surface area (Å²) in [4.78, 5) is 23.4. The molecule has 0 fully saturated rings. The molecule has 0 radical (unpaired) electrons. The fraction of sp³-hybridized carbons (Fsp3) is 0.286. The van der Waals surface area contributed by atoms with Crippen LogP contribution in [0.2, 0.25) is 0 Å². The number of amides is 1. The quantitative estimate of drug-likeness (QED) is 0.793. The number of hydrogen-bond donors (Lipinski definition) is 1. The van der Waals surface area contributed by atoms with Crippen LogP contribution in [0.15, 0.2) is 36.4 Å². The van der Waals surface area contributed by atoms with Crippen LogP contribution in [-0.2, 0) is 16.1 Å². The first-order valence-corrected chi connectivity index (χ1v) is 5.90. The SMILES string of the molecule is CCOc1cccc(CN(C)C(=O)/C=C/C(=O)O)c1. The Labute approximate surface area is 112 Å². The Kier molecular flexibility index (Phi) is 5.60. The molecule has 0 aliphatic carbocycles. The summed E-state index contributed by atoms with van der Waals surface area (Å²) in [5, 5.41) is 8.46. The molecule has 0 saturated carbocycles.